The van der Waals surface area contributed by atoms with Crippen LogP contribution >= 0.6 is 11.3 Å². The highest BCUT2D eigenvalue weighted by Crippen LogP contribution is 2.31. The molecule has 1 aromatic carbocycles. The predicted octanol–water partition coefficient (Wildman–Crippen LogP) is 2.56. The van der Waals surface area contributed by atoms with Crippen LogP contribution in [0, 0.1) is 10.1 Å². The molecule has 0 aliphatic heterocycles. The van der Waals surface area contributed by atoms with E-state index in [1.165, 1.54) is 41.8 Å². The molecule has 2 aromatic heterocycles. The maximum Gasteiger partial charge on any atom is 0.344 e. The summed E-state index contributed by atoms with van der Waals surface area (Å²) in [6.07, 6.45) is 0. The Morgan fingerprint density at radius 1 is 1.17 bits per heavy atom. The zero-order valence-electron chi connectivity index (χ0n) is 11.3. The van der Waals surface area contributed by atoms with Crippen molar-refractivity contribution in [3.8, 4) is 0 Å². The van der Waals surface area contributed by atoms with E-state index in [9.17, 15) is 23.3 Å². The fourth-order valence-electron chi connectivity index (χ4n) is 1.97. The van der Waals surface area contributed by atoms with Crippen LogP contribution in [-0.4, -0.2) is 13.3 Å². The quantitative estimate of drug-likeness (QED) is 0.438. The summed E-state index contributed by atoms with van der Waals surface area (Å²) in [4.78, 5) is 20.8. The molecule has 1 N–H and O–H groups in total. The molecule has 118 valence electrons. The molecule has 8 nitrogen and oxygen atoms in total. The van der Waals surface area contributed by atoms with Crippen molar-refractivity contribution in [3.05, 3.63) is 62.3 Å². The van der Waals surface area contributed by atoms with Gasteiger partial charge in [0.05, 0.1) is 4.92 Å². The number of benzene rings is 1. The molecule has 23 heavy (non-hydrogen) atoms. The number of nitrogens with zero attached hydrogens (tertiary/aromatic N) is 1. The van der Waals surface area contributed by atoms with Crippen LogP contribution in [0.3, 0.4) is 0 Å². The first-order chi connectivity index (χ1) is 10.9. The zero-order valence-corrected chi connectivity index (χ0v) is 12.9. The van der Waals surface area contributed by atoms with Crippen LogP contribution in [0.4, 0.5) is 10.7 Å². The van der Waals surface area contributed by atoms with E-state index in [1.807, 2.05) is 0 Å². The molecule has 0 aliphatic rings. The topological polar surface area (TPSA) is 120 Å². The maximum absolute atomic E-state index is 12.3. The van der Waals surface area contributed by atoms with Crippen LogP contribution in [0.1, 0.15) is 0 Å². The Balaban J connectivity index is 2.00. The van der Waals surface area contributed by atoms with E-state index in [4.69, 9.17) is 4.42 Å². The highest BCUT2D eigenvalue weighted by atomic mass is 32.2. The fourth-order valence-corrected chi connectivity index (χ4v) is 4.23. The molecule has 0 bridgehead atoms. The van der Waals surface area contributed by atoms with E-state index in [-0.39, 0.29) is 5.69 Å². The van der Waals surface area contributed by atoms with Crippen molar-refractivity contribution in [3.63, 3.8) is 0 Å². The summed E-state index contributed by atoms with van der Waals surface area (Å²) in [6.45, 7) is 0. The lowest BCUT2D eigenvalue weighted by molar-refractivity contribution is -0.383. The van der Waals surface area contributed by atoms with E-state index in [2.05, 4.69) is 4.72 Å². The molecule has 10 heteroatoms. The molecule has 3 rings (SSSR count). The second kappa shape index (κ2) is 5.48. The first kappa shape index (κ1) is 15.2. The van der Waals surface area contributed by atoms with Crippen LogP contribution in [-0.2, 0) is 10.0 Å². The number of fused-ring (bicyclic) bond motifs is 1. The summed E-state index contributed by atoms with van der Waals surface area (Å²) in [6, 6.07) is 8.19. The molecule has 0 radical (unpaired) electrons. The summed E-state index contributed by atoms with van der Waals surface area (Å²) in [7, 11) is -4.10. The number of nitrogens with one attached hydrogen (secondary N) is 1. The number of rotatable bonds is 4. The van der Waals surface area contributed by atoms with E-state index < -0.39 is 30.5 Å². The highest BCUT2D eigenvalue weighted by molar-refractivity contribution is 7.93. The van der Waals surface area contributed by atoms with Crippen molar-refractivity contribution in [1.29, 1.82) is 0 Å². The van der Waals surface area contributed by atoms with Crippen molar-refractivity contribution in [1.82, 2.24) is 0 Å². The van der Waals surface area contributed by atoms with Gasteiger partial charge < -0.3 is 4.42 Å². The van der Waals surface area contributed by atoms with Gasteiger partial charge in [0.1, 0.15) is 5.58 Å². The Labute approximate surface area is 133 Å². The Kier molecular flexibility index (Phi) is 3.62. The molecule has 0 spiro atoms. The average Bonchev–Trinajstić information content (AvgIpc) is 2.98. The average molecular weight is 352 g/mol. The molecule has 0 saturated heterocycles. The normalized spacial score (nSPS) is 11.5. The first-order valence-electron chi connectivity index (χ1n) is 6.15. The second-order valence-electron chi connectivity index (χ2n) is 4.46. The van der Waals surface area contributed by atoms with E-state index >= 15 is 0 Å². The van der Waals surface area contributed by atoms with Gasteiger partial charge in [0.25, 0.3) is 10.0 Å². The van der Waals surface area contributed by atoms with Gasteiger partial charge in [-0.05, 0) is 35.7 Å². The lowest BCUT2D eigenvalue weighted by Gasteiger charge is -2.07. The van der Waals surface area contributed by atoms with Gasteiger partial charge in [-0.25, -0.2) is 13.2 Å². The Bertz CT molecular complexity index is 1070. The van der Waals surface area contributed by atoms with Crippen LogP contribution in [0.2, 0.25) is 0 Å². The van der Waals surface area contributed by atoms with Crippen molar-refractivity contribution >= 4 is 43.0 Å². The minimum absolute atomic E-state index is 0.201. The van der Waals surface area contributed by atoms with Gasteiger partial charge in [0.15, 0.2) is 4.90 Å². The fraction of sp³-hybridized carbons (Fsp3) is 0. The Hall–Kier alpha value is -2.72. The van der Waals surface area contributed by atoms with Gasteiger partial charge in [0, 0.05) is 17.1 Å². The maximum atomic E-state index is 12.3. The zero-order chi connectivity index (χ0) is 16.6. The third-order valence-electron chi connectivity index (χ3n) is 2.94. The van der Waals surface area contributed by atoms with Gasteiger partial charge in [0.2, 0.25) is 0 Å². The van der Waals surface area contributed by atoms with Gasteiger partial charge >= 0.3 is 10.6 Å². The van der Waals surface area contributed by atoms with E-state index in [0.717, 1.165) is 11.3 Å². The lowest BCUT2D eigenvalue weighted by atomic mass is 10.2. The van der Waals surface area contributed by atoms with E-state index in [0.29, 0.717) is 11.0 Å². The number of hydrogen-bond donors (Lipinski definition) is 1. The predicted molar refractivity (Wildman–Crippen MR) is 84.3 cm³/mol. The summed E-state index contributed by atoms with van der Waals surface area (Å²) in [5, 5.41) is 12.3. The summed E-state index contributed by atoms with van der Waals surface area (Å²) in [5.74, 6) is 0. The molecule has 0 atom stereocenters. The third-order valence-corrected chi connectivity index (χ3v) is 5.34. The molecular formula is C13H8N2O6S2. The SMILES string of the molecule is O=c1ccc2cc(NS(=O)(=O)c3ccsc3[N+](=O)[O-])ccc2o1. The van der Waals surface area contributed by atoms with Crippen LogP contribution in [0.5, 0.6) is 0 Å². The lowest BCUT2D eigenvalue weighted by Crippen LogP contribution is -2.13. The Morgan fingerprint density at radius 3 is 2.70 bits per heavy atom. The summed E-state index contributed by atoms with van der Waals surface area (Å²) >= 11 is 0.731. The van der Waals surface area contributed by atoms with Crippen LogP contribution in [0.15, 0.2) is 55.9 Å². The summed E-state index contributed by atoms with van der Waals surface area (Å²) < 4.78 is 31.8. The van der Waals surface area contributed by atoms with Crippen LogP contribution < -0.4 is 10.3 Å². The minimum Gasteiger partial charge on any atom is -0.423 e. The molecule has 0 aliphatic carbocycles. The van der Waals surface area contributed by atoms with Crippen LogP contribution in [0.25, 0.3) is 11.0 Å². The number of nitro groups is 1. The Morgan fingerprint density at radius 2 is 1.96 bits per heavy atom. The number of anilines is 1. The van der Waals surface area contributed by atoms with Gasteiger partial charge in [-0.2, -0.15) is 0 Å². The van der Waals surface area contributed by atoms with Gasteiger partial charge in [-0.1, -0.05) is 11.3 Å². The van der Waals surface area contributed by atoms with Gasteiger partial charge in [-0.15, -0.1) is 0 Å². The van der Waals surface area contributed by atoms with E-state index in [1.54, 1.807) is 0 Å². The molecule has 0 amide bonds. The third kappa shape index (κ3) is 2.94. The number of sulfonamides is 1. The smallest absolute Gasteiger partial charge is 0.344 e. The molecule has 3 aromatic rings. The van der Waals surface area contributed by atoms with Crippen molar-refractivity contribution in [2.45, 2.75) is 4.90 Å². The number of thiophene rings is 1. The summed E-state index contributed by atoms with van der Waals surface area (Å²) in [5.41, 5.74) is -0.00598. The highest BCUT2D eigenvalue weighted by Gasteiger charge is 2.27. The standard InChI is InChI=1S/C13H8N2O6S2/c16-12-4-1-8-7-9(2-3-10(8)21-12)14-23(19,20)11-5-6-22-13(11)15(17)18/h1-7,14H. The first-order valence-corrected chi connectivity index (χ1v) is 8.52. The second-order valence-corrected chi connectivity index (χ2v) is 7.01. The molecule has 2 heterocycles. The van der Waals surface area contributed by atoms with Crippen molar-refractivity contribution < 1.29 is 17.8 Å². The molecular weight excluding hydrogens is 344 g/mol. The monoisotopic (exact) mass is 352 g/mol. The largest absolute Gasteiger partial charge is 0.423 e. The van der Waals surface area contributed by atoms with Crippen molar-refractivity contribution in [2.24, 2.45) is 0 Å². The molecule has 0 saturated carbocycles. The number of hydrogen-bond acceptors (Lipinski definition) is 7. The minimum atomic E-state index is -4.10. The van der Waals surface area contributed by atoms with Crippen molar-refractivity contribution in [2.75, 3.05) is 4.72 Å². The molecule has 0 fully saturated rings. The molecule has 0 unspecified atom stereocenters. The van der Waals surface area contributed by atoms with Gasteiger partial charge in [-0.3, -0.25) is 14.8 Å².